The second-order valence-electron chi connectivity index (χ2n) is 10.2. The van der Waals surface area contributed by atoms with Crippen molar-refractivity contribution in [2.75, 3.05) is 0 Å². The molecule has 0 unspecified atom stereocenters. The maximum Gasteiger partial charge on any atom is 3.00 e. The summed E-state index contributed by atoms with van der Waals surface area (Å²) in [5, 5.41) is 122. The van der Waals surface area contributed by atoms with Crippen molar-refractivity contribution >= 4 is 70.5 Å². The zero-order chi connectivity index (χ0) is 46.3. The molecule has 0 aliphatic rings. The third kappa shape index (κ3) is 22.9. The van der Waals surface area contributed by atoms with Gasteiger partial charge in [-0.3, -0.25) is 40.5 Å². The van der Waals surface area contributed by atoms with Crippen LogP contribution in [0, 0.1) is 112 Å². The maximum atomic E-state index is 10.6. The molecule has 0 fully saturated rings. The van der Waals surface area contributed by atoms with Crippen LogP contribution in [-0.4, -0.2) is 88.6 Å². The fourth-order valence-corrected chi connectivity index (χ4v) is 4.32. The molecule has 0 aromatic heterocycles. The number of carbonyl (C=O) groups is 8. The van der Waals surface area contributed by atoms with Crippen molar-refractivity contribution in [1.82, 2.24) is 0 Å². The summed E-state index contributed by atoms with van der Waals surface area (Å²) in [7, 11) is 0. The first-order valence-corrected chi connectivity index (χ1v) is 14.6. The molecule has 0 aliphatic carbocycles. The largest absolute Gasteiger partial charge is 3.00 e. The third-order valence-electron chi connectivity index (χ3n) is 6.67. The van der Waals surface area contributed by atoms with Crippen LogP contribution in [0.5, 0.6) is 0 Å². The molecule has 0 heterocycles. The van der Waals surface area contributed by atoms with E-state index in [1.54, 1.807) is 0 Å². The fourth-order valence-electron chi connectivity index (χ4n) is 4.32. The second kappa shape index (κ2) is 38.3. The van der Waals surface area contributed by atoms with Crippen LogP contribution in [0.2, 0.25) is 0 Å². The Bertz CT molecular complexity index is 2050. The minimum Gasteiger partial charge on any atom is -0.545 e. The number of hydrogen-bond acceptors (Lipinski definition) is 22. The van der Waals surface area contributed by atoms with Gasteiger partial charge in [-0.15, -0.1) is 0 Å². The first kappa shape index (κ1) is 85.6. The van der Waals surface area contributed by atoms with Crippen LogP contribution in [0.15, 0.2) is 72.8 Å². The van der Waals surface area contributed by atoms with Gasteiger partial charge in [0.1, 0.15) is 0 Å². The maximum absolute atomic E-state index is 10.6. The third-order valence-corrected chi connectivity index (χ3v) is 6.67. The zero-order valence-electron chi connectivity index (χ0n) is 34.2. The molecule has 0 atom stereocenters. The zero-order valence-corrected chi connectivity index (χ0v) is 41.5. The van der Waals surface area contributed by atoms with E-state index in [0.717, 1.165) is 72.8 Å². The SMILES string of the molecule is O.O.O=C(O)c1cccc([N+](=O)[O-])c1C(=O)[O-].O=C(O)c1cccc([N+](=O)[O-])c1C(=O)[O-].O=C([O-])c1cccc([N+](=O)[O-])c1C(=O)[O-].O=C([O-])c1cccc([N+](=O)[O-])c1C(=O)[O-].[La+3].[La+3].[OH3+].[OH3+].[OH3+].[OH3+].[OH3+].[OH3+]. The van der Waals surface area contributed by atoms with Gasteiger partial charge in [0, 0.05) is 35.4 Å². The average molecular weight is 1270 g/mol. The molecule has 4 rings (SSSR count). The van der Waals surface area contributed by atoms with Crippen molar-refractivity contribution in [3.63, 3.8) is 0 Å². The van der Waals surface area contributed by atoms with E-state index in [-0.39, 0.29) is 115 Å². The molecule has 4 aromatic rings. The summed E-state index contributed by atoms with van der Waals surface area (Å²) >= 11 is 0. The number of nitrogens with zero attached hydrogens (tertiary/aromatic N) is 4. The van der Waals surface area contributed by atoms with Crippen molar-refractivity contribution in [3.8, 4) is 0 Å². The van der Waals surface area contributed by atoms with Crippen LogP contribution < -0.4 is 30.6 Å². The Morgan fingerprint density at radius 1 is 0.329 bits per heavy atom. The molecule has 70 heavy (non-hydrogen) atoms. The number of aromatic carboxylic acids is 8. The quantitative estimate of drug-likeness (QED) is 0.0755. The topological polar surface area (TPSA) is 749 Å². The molecule has 0 bridgehead atoms. The number of nitro benzene ring substituents is 4. The van der Waals surface area contributed by atoms with E-state index in [1.807, 2.05) is 0 Å². The number of rotatable bonds is 12. The van der Waals surface area contributed by atoms with Crippen molar-refractivity contribution in [2.45, 2.75) is 0 Å². The van der Waals surface area contributed by atoms with Crippen LogP contribution >= 0.6 is 0 Å². The number of carbonyl (C=O) groups excluding carboxylic acids is 6. The second-order valence-corrected chi connectivity index (χ2v) is 10.2. The number of hydrogen-bond donors (Lipinski definition) is 2. The predicted molar refractivity (Wildman–Crippen MR) is 209 cm³/mol. The normalized spacial score (nSPS) is 8.23. The van der Waals surface area contributed by atoms with Gasteiger partial charge in [0.15, 0.2) is 0 Å². The summed E-state index contributed by atoms with van der Waals surface area (Å²) in [4.78, 5) is 122. The van der Waals surface area contributed by atoms with Gasteiger partial charge in [-0.1, -0.05) is 36.4 Å². The van der Waals surface area contributed by atoms with Crippen molar-refractivity contribution in [2.24, 2.45) is 0 Å². The minimum atomic E-state index is -1.93. The van der Waals surface area contributed by atoms with Crippen LogP contribution in [0.1, 0.15) is 82.9 Å². The number of carboxylic acid groups (broad SMARTS) is 8. The Morgan fingerprint density at radius 2 is 0.486 bits per heavy atom. The molecule has 4 aromatic carbocycles. The number of nitro groups is 4. The number of carboxylic acids is 8. The summed E-state index contributed by atoms with van der Waals surface area (Å²) in [5.74, 6) is -14.4. The molecule has 0 saturated heterocycles. The fraction of sp³-hybridized carbons (Fsp3) is 0. The van der Waals surface area contributed by atoms with Crippen molar-refractivity contribution in [1.29, 1.82) is 0 Å². The van der Waals surface area contributed by atoms with Crippen molar-refractivity contribution < 1.29 is 214 Å². The van der Waals surface area contributed by atoms with Crippen molar-refractivity contribution in [3.05, 3.63) is 158 Å². The molecule has 0 aliphatic heterocycles. The monoisotopic (exact) mass is 1270 g/mol. The molecular weight excluding hydrogens is 1230 g/mol. The van der Waals surface area contributed by atoms with E-state index in [2.05, 4.69) is 0 Å². The molecule has 36 nitrogen and oxygen atoms in total. The van der Waals surface area contributed by atoms with E-state index < -0.39 is 135 Å². The Balaban J connectivity index is -0.0000000818. The van der Waals surface area contributed by atoms with Crippen LogP contribution in [0.25, 0.3) is 0 Å². The molecule has 0 amide bonds. The Morgan fingerprint density at radius 3 is 0.614 bits per heavy atom. The predicted octanol–water partition coefficient (Wildman–Crippen LogP) is -11.2. The standard InChI is InChI=1S/4C8H5NO6.2La.8H2O/c4*10-7(11)4-2-1-3-5(9(14)15)6(4)8(12)13;;;;;;;;;;/h4*1-3H,(H,10,11)(H,12,13);;;8*1H2/q;;;;2*+3;;;;;;;;. The Labute approximate surface area is 439 Å². The van der Waals surface area contributed by atoms with Gasteiger partial charge < -0.3 is 113 Å². The minimum absolute atomic E-state index is 0. The van der Waals surface area contributed by atoms with E-state index in [4.69, 9.17) is 10.2 Å². The molecule has 0 radical (unpaired) electrons. The first-order valence-electron chi connectivity index (χ1n) is 14.6. The van der Waals surface area contributed by atoms with Gasteiger partial charge in [0.05, 0.1) is 88.9 Å². The first-order chi connectivity index (χ1) is 27.8. The van der Waals surface area contributed by atoms with Crippen LogP contribution in [0.3, 0.4) is 0 Å². The van der Waals surface area contributed by atoms with Gasteiger partial charge in [-0.2, -0.15) is 0 Å². The Kier molecular flexibility index (Phi) is 46.8. The Hall–Kier alpha value is -7.69. The smallest absolute Gasteiger partial charge is 0.545 e. The van der Waals surface area contributed by atoms with Gasteiger partial charge in [0.2, 0.25) is 0 Å². The summed E-state index contributed by atoms with van der Waals surface area (Å²) in [6, 6.07) is 11.5. The molecule has 0 spiro atoms. The summed E-state index contributed by atoms with van der Waals surface area (Å²) in [6.45, 7) is 0. The summed E-state index contributed by atoms with van der Waals surface area (Å²) < 4.78 is 0. The number of benzene rings is 4. The van der Waals surface area contributed by atoms with Gasteiger partial charge in [0.25, 0.3) is 22.7 Å². The van der Waals surface area contributed by atoms with Gasteiger partial charge in [-0.05, 0) is 12.1 Å². The van der Waals surface area contributed by atoms with E-state index in [9.17, 15) is 109 Å². The van der Waals surface area contributed by atoms with Crippen LogP contribution in [-0.2, 0) is 32.9 Å². The molecule has 38 heteroatoms. The molecule has 0 saturated carbocycles. The molecule has 376 valence electrons. The summed E-state index contributed by atoms with van der Waals surface area (Å²) in [6.07, 6.45) is 0. The van der Waals surface area contributed by atoms with Gasteiger partial charge in [-0.25, -0.2) is 9.59 Å². The van der Waals surface area contributed by atoms with E-state index in [1.165, 1.54) is 0 Å². The van der Waals surface area contributed by atoms with E-state index >= 15 is 0 Å². The average Bonchev–Trinajstić information content (AvgIpc) is 3.16. The molecular formula is C32H36La2N4O32+6. The van der Waals surface area contributed by atoms with E-state index in [0.29, 0.717) is 0 Å². The van der Waals surface area contributed by atoms with Crippen LogP contribution in [0.4, 0.5) is 22.7 Å². The molecule has 24 N–H and O–H groups in total. The van der Waals surface area contributed by atoms with Gasteiger partial charge >= 0.3 is 83.1 Å². The summed E-state index contributed by atoms with van der Waals surface area (Å²) in [5.41, 5.74) is -9.95.